The van der Waals surface area contributed by atoms with Gasteiger partial charge in [-0.15, -0.1) is 0 Å². The fourth-order valence-electron chi connectivity index (χ4n) is 1.85. The first kappa shape index (κ1) is 11.0. The Balaban J connectivity index is 1.75. The number of likely N-dealkylation sites (tertiary alicyclic amines) is 1. The van der Waals surface area contributed by atoms with Crippen molar-refractivity contribution < 1.29 is 9.53 Å². The molecule has 0 aromatic heterocycles. The van der Waals surface area contributed by atoms with Gasteiger partial charge in [0.05, 0.1) is 6.54 Å². The van der Waals surface area contributed by atoms with Gasteiger partial charge in [0.25, 0.3) is 0 Å². The number of hydrogen-bond donors (Lipinski definition) is 0. The summed E-state index contributed by atoms with van der Waals surface area (Å²) in [6.45, 7) is 4.21. The molecule has 3 nitrogen and oxygen atoms in total. The largest absolute Gasteiger partial charge is 0.492 e. The second kappa shape index (κ2) is 5.01. The van der Waals surface area contributed by atoms with Gasteiger partial charge in [-0.2, -0.15) is 0 Å². The first-order valence-corrected chi connectivity index (χ1v) is 5.73. The molecular weight excluding hydrogens is 202 g/mol. The fraction of sp³-hybridized carbons (Fsp3) is 0.462. The number of hydrogen-bond acceptors (Lipinski definition) is 2. The van der Waals surface area contributed by atoms with E-state index in [1.54, 1.807) is 0 Å². The average Bonchev–Trinajstić information content (AvgIpc) is 2.68. The van der Waals surface area contributed by atoms with Crippen molar-refractivity contribution in [1.29, 1.82) is 0 Å². The van der Waals surface area contributed by atoms with E-state index >= 15 is 0 Å². The maximum absolute atomic E-state index is 11.3. The lowest BCUT2D eigenvalue weighted by Crippen LogP contribution is -2.29. The molecule has 0 unspecified atom stereocenters. The highest BCUT2D eigenvalue weighted by Crippen LogP contribution is 2.12. The molecule has 1 aliphatic rings. The van der Waals surface area contributed by atoms with E-state index in [0.717, 1.165) is 18.7 Å². The molecule has 1 saturated heterocycles. The van der Waals surface area contributed by atoms with Gasteiger partial charge in [-0.05, 0) is 25.5 Å². The summed E-state index contributed by atoms with van der Waals surface area (Å²) in [6, 6.07) is 7.97. The Morgan fingerprint density at radius 1 is 1.31 bits per heavy atom. The molecule has 0 spiro atoms. The predicted octanol–water partition coefficient (Wildman–Crippen LogP) is 2.00. The smallest absolute Gasteiger partial charge is 0.222 e. The summed E-state index contributed by atoms with van der Waals surface area (Å²) in [5.74, 6) is 1.13. The van der Waals surface area contributed by atoms with Gasteiger partial charge in [0.15, 0.2) is 0 Å². The molecule has 86 valence electrons. The molecule has 2 rings (SSSR count). The molecule has 3 heteroatoms. The maximum Gasteiger partial charge on any atom is 0.222 e. The van der Waals surface area contributed by atoms with Gasteiger partial charge < -0.3 is 9.64 Å². The van der Waals surface area contributed by atoms with E-state index in [4.69, 9.17) is 4.74 Å². The normalized spacial score (nSPS) is 15.6. The highest BCUT2D eigenvalue weighted by molar-refractivity contribution is 5.78. The van der Waals surface area contributed by atoms with Crippen LogP contribution in [-0.2, 0) is 4.79 Å². The van der Waals surface area contributed by atoms with Crippen LogP contribution in [0.2, 0.25) is 0 Å². The number of carbonyl (C=O) groups excluding carboxylic acids is 1. The highest BCUT2D eigenvalue weighted by atomic mass is 16.5. The molecule has 0 saturated carbocycles. The number of rotatable bonds is 4. The van der Waals surface area contributed by atoms with Crippen molar-refractivity contribution in [2.45, 2.75) is 19.8 Å². The van der Waals surface area contributed by atoms with E-state index in [0.29, 0.717) is 19.6 Å². The number of ether oxygens (including phenoxy) is 1. The summed E-state index contributed by atoms with van der Waals surface area (Å²) >= 11 is 0. The summed E-state index contributed by atoms with van der Waals surface area (Å²) in [4.78, 5) is 13.2. The molecule has 0 atom stereocenters. The third kappa shape index (κ3) is 2.75. The van der Waals surface area contributed by atoms with Crippen molar-refractivity contribution in [3.8, 4) is 5.75 Å². The minimum atomic E-state index is 0.257. The van der Waals surface area contributed by atoms with Gasteiger partial charge in [0, 0.05) is 13.0 Å². The Morgan fingerprint density at radius 3 is 2.69 bits per heavy atom. The number of carbonyl (C=O) groups is 1. The Morgan fingerprint density at radius 2 is 2.06 bits per heavy atom. The Labute approximate surface area is 96.0 Å². The Kier molecular flexibility index (Phi) is 3.44. The molecular formula is C13H17NO2. The number of amides is 1. The van der Waals surface area contributed by atoms with Gasteiger partial charge in [-0.1, -0.05) is 17.7 Å². The maximum atomic E-state index is 11.3. The third-order valence-corrected chi connectivity index (χ3v) is 2.82. The van der Waals surface area contributed by atoms with Crippen molar-refractivity contribution in [2.75, 3.05) is 19.7 Å². The number of benzene rings is 1. The lowest BCUT2D eigenvalue weighted by Gasteiger charge is -2.15. The van der Waals surface area contributed by atoms with Crippen LogP contribution < -0.4 is 4.74 Å². The standard InChI is InChI=1S/C13H17NO2/c1-11-4-6-12(7-5-11)16-10-9-14-8-2-3-13(14)15/h4-7H,2-3,8-10H2,1H3. The summed E-state index contributed by atoms with van der Waals surface area (Å²) in [6.07, 6.45) is 1.69. The first-order chi connectivity index (χ1) is 7.75. The van der Waals surface area contributed by atoms with Crippen molar-refractivity contribution in [1.82, 2.24) is 4.90 Å². The van der Waals surface area contributed by atoms with Crippen molar-refractivity contribution in [2.24, 2.45) is 0 Å². The molecule has 0 bridgehead atoms. The van der Waals surface area contributed by atoms with Crippen LogP contribution in [0, 0.1) is 6.92 Å². The monoisotopic (exact) mass is 219 g/mol. The Hall–Kier alpha value is -1.51. The predicted molar refractivity (Wildman–Crippen MR) is 62.5 cm³/mol. The van der Waals surface area contributed by atoms with E-state index in [9.17, 15) is 4.79 Å². The number of aryl methyl sites for hydroxylation is 1. The van der Waals surface area contributed by atoms with E-state index < -0.39 is 0 Å². The van der Waals surface area contributed by atoms with Crippen LogP contribution in [0.1, 0.15) is 18.4 Å². The van der Waals surface area contributed by atoms with Gasteiger partial charge in [0.1, 0.15) is 12.4 Å². The summed E-state index contributed by atoms with van der Waals surface area (Å²) in [5.41, 5.74) is 1.22. The lowest BCUT2D eigenvalue weighted by atomic mass is 10.2. The van der Waals surface area contributed by atoms with E-state index in [1.165, 1.54) is 5.56 Å². The quantitative estimate of drug-likeness (QED) is 0.775. The van der Waals surface area contributed by atoms with E-state index in [1.807, 2.05) is 36.1 Å². The lowest BCUT2D eigenvalue weighted by molar-refractivity contribution is -0.128. The topological polar surface area (TPSA) is 29.5 Å². The Bertz CT molecular complexity index is 359. The molecule has 0 radical (unpaired) electrons. The molecule has 1 heterocycles. The van der Waals surface area contributed by atoms with Crippen LogP contribution in [0.5, 0.6) is 5.75 Å². The molecule has 1 amide bonds. The molecule has 16 heavy (non-hydrogen) atoms. The minimum absolute atomic E-state index is 0.257. The van der Waals surface area contributed by atoms with Gasteiger partial charge in [-0.3, -0.25) is 4.79 Å². The second-order valence-corrected chi connectivity index (χ2v) is 4.15. The molecule has 0 aliphatic carbocycles. The fourth-order valence-corrected chi connectivity index (χ4v) is 1.85. The van der Waals surface area contributed by atoms with Gasteiger partial charge >= 0.3 is 0 Å². The van der Waals surface area contributed by atoms with Gasteiger partial charge in [-0.25, -0.2) is 0 Å². The minimum Gasteiger partial charge on any atom is -0.492 e. The van der Waals surface area contributed by atoms with Crippen LogP contribution in [0.3, 0.4) is 0 Å². The molecule has 1 aromatic carbocycles. The molecule has 1 aliphatic heterocycles. The van der Waals surface area contributed by atoms with Gasteiger partial charge in [0.2, 0.25) is 5.91 Å². The first-order valence-electron chi connectivity index (χ1n) is 5.73. The zero-order valence-electron chi connectivity index (χ0n) is 9.61. The SMILES string of the molecule is Cc1ccc(OCCN2CCCC2=O)cc1. The molecule has 0 N–H and O–H groups in total. The summed E-state index contributed by atoms with van der Waals surface area (Å²) in [7, 11) is 0. The van der Waals surface area contributed by atoms with Crippen LogP contribution >= 0.6 is 0 Å². The zero-order chi connectivity index (χ0) is 11.4. The van der Waals surface area contributed by atoms with Crippen molar-refractivity contribution >= 4 is 5.91 Å². The van der Waals surface area contributed by atoms with Crippen molar-refractivity contribution in [3.05, 3.63) is 29.8 Å². The number of nitrogens with zero attached hydrogens (tertiary/aromatic N) is 1. The van der Waals surface area contributed by atoms with Crippen LogP contribution in [0.15, 0.2) is 24.3 Å². The highest BCUT2D eigenvalue weighted by Gasteiger charge is 2.19. The van der Waals surface area contributed by atoms with Crippen LogP contribution in [0.25, 0.3) is 0 Å². The van der Waals surface area contributed by atoms with Crippen LogP contribution in [-0.4, -0.2) is 30.5 Å². The summed E-state index contributed by atoms with van der Waals surface area (Å²) in [5, 5.41) is 0. The van der Waals surface area contributed by atoms with E-state index in [-0.39, 0.29) is 5.91 Å². The summed E-state index contributed by atoms with van der Waals surface area (Å²) < 4.78 is 5.58. The second-order valence-electron chi connectivity index (χ2n) is 4.15. The van der Waals surface area contributed by atoms with Crippen LogP contribution in [0.4, 0.5) is 0 Å². The average molecular weight is 219 g/mol. The third-order valence-electron chi connectivity index (χ3n) is 2.82. The molecule has 1 aromatic rings. The van der Waals surface area contributed by atoms with Crippen molar-refractivity contribution in [3.63, 3.8) is 0 Å². The zero-order valence-corrected chi connectivity index (χ0v) is 9.61. The van der Waals surface area contributed by atoms with E-state index in [2.05, 4.69) is 0 Å². The molecule has 1 fully saturated rings.